The lowest BCUT2D eigenvalue weighted by Crippen LogP contribution is -2.64. The topological polar surface area (TPSA) is 40.0 Å². The number of benzene rings is 1. The van der Waals surface area contributed by atoms with E-state index in [1.54, 1.807) is 0 Å². The molecule has 0 saturated heterocycles. The van der Waals surface area contributed by atoms with Gasteiger partial charge in [0.15, 0.2) is 0 Å². The maximum absolute atomic E-state index is 6.86. The number of hydrogen-bond donors (Lipinski definition) is 0. The first-order valence-electron chi connectivity index (χ1n) is 13.9. The minimum absolute atomic E-state index is 0.141. The molecule has 0 aliphatic heterocycles. The summed E-state index contributed by atoms with van der Waals surface area (Å²) in [5.41, 5.74) is 1.21. The molecule has 0 aliphatic carbocycles. The highest BCUT2D eigenvalue weighted by atomic mass is 28.4. The van der Waals surface area contributed by atoms with Crippen molar-refractivity contribution < 1.29 is 12.3 Å². The molecule has 0 heterocycles. The zero-order valence-electron chi connectivity index (χ0n) is 27.3. The van der Waals surface area contributed by atoms with E-state index in [1.165, 1.54) is 21.1 Å². The molecule has 0 spiro atoms. The van der Waals surface area contributed by atoms with Crippen LogP contribution in [0.15, 0.2) is 17.1 Å². The number of aliphatic imine (C=N–C) groups is 1. The zero-order valence-corrected chi connectivity index (χ0v) is 33.3. The Morgan fingerprint density at radius 1 is 0.632 bits per heavy atom. The van der Waals surface area contributed by atoms with Crippen molar-refractivity contribution in [3.8, 4) is 0 Å². The van der Waals surface area contributed by atoms with Crippen LogP contribution in [0.4, 0.5) is 0 Å². The monoisotopic (exact) mass is 621 g/mol. The Morgan fingerprint density at radius 2 is 0.974 bits per heavy atom. The lowest BCUT2D eigenvalue weighted by molar-refractivity contribution is 0.546. The smallest absolute Gasteiger partial charge is 0.221 e. The molecule has 0 saturated carbocycles. The third-order valence-electron chi connectivity index (χ3n) is 5.56. The summed E-state index contributed by atoms with van der Waals surface area (Å²) in [6.07, 6.45) is 3.14. The molecule has 0 amide bonds. The third-order valence-corrected chi connectivity index (χ3v) is 20.1. The van der Waals surface area contributed by atoms with Crippen molar-refractivity contribution in [3.63, 3.8) is 0 Å². The average Bonchev–Trinajstić information content (AvgIpc) is 2.73. The van der Waals surface area contributed by atoms with Crippen LogP contribution in [0.1, 0.15) is 81.2 Å². The standard InChI is InChI=1S/C28H55NO3Si6/c1-17-18-29-21-22-19-24(37(13,14)31-34-27(5,6)7)25(38(15,16)32-35-28(8,9)10)20-23(22)36(11,12)30-33-26(2,3)4/h19-21H,17-18H2,1-16H3. The Hall–Kier alpha value is 0.0713. The molecule has 0 aromatic heterocycles. The summed E-state index contributed by atoms with van der Waals surface area (Å²) in [6.45, 7) is 37.5. The van der Waals surface area contributed by atoms with Crippen LogP contribution in [0.2, 0.25) is 54.4 Å². The number of hydrogen-bond acceptors (Lipinski definition) is 4. The average molecular weight is 622 g/mol. The Balaban J connectivity index is 3.89. The highest BCUT2D eigenvalue weighted by molar-refractivity contribution is 6.98. The molecule has 38 heavy (non-hydrogen) atoms. The minimum atomic E-state index is -2.25. The molecule has 1 aromatic rings. The normalized spacial score (nSPS) is 14.5. The van der Waals surface area contributed by atoms with Crippen molar-refractivity contribution in [1.29, 1.82) is 0 Å². The molecule has 6 radical (unpaired) electrons. The van der Waals surface area contributed by atoms with E-state index in [9.17, 15) is 0 Å². The van der Waals surface area contributed by atoms with Crippen molar-refractivity contribution in [1.82, 2.24) is 0 Å². The largest absolute Gasteiger partial charge is 0.452 e. The second kappa shape index (κ2) is 13.4. The maximum atomic E-state index is 6.86. The van der Waals surface area contributed by atoms with E-state index in [0.29, 0.717) is 29.3 Å². The Morgan fingerprint density at radius 3 is 1.32 bits per heavy atom. The van der Waals surface area contributed by atoms with Crippen molar-refractivity contribution in [2.75, 3.05) is 6.54 Å². The molecule has 4 nitrogen and oxygen atoms in total. The molecule has 214 valence electrons. The summed E-state index contributed by atoms with van der Waals surface area (Å²) < 4.78 is 20.5. The van der Waals surface area contributed by atoms with Crippen LogP contribution in [-0.2, 0) is 12.3 Å². The highest BCUT2D eigenvalue weighted by Gasteiger charge is 2.40. The van der Waals surface area contributed by atoms with Crippen LogP contribution in [0, 0.1) is 0 Å². The lowest BCUT2D eigenvalue weighted by Gasteiger charge is -2.37. The molecule has 0 N–H and O–H groups in total. The van der Waals surface area contributed by atoms with E-state index >= 15 is 0 Å². The Labute approximate surface area is 246 Å². The van der Waals surface area contributed by atoms with Crippen LogP contribution in [-0.4, -0.2) is 67.0 Å². The summed E-state index contributed by atoms with van der Waals surface area (Å²) in [4.78, 5) is 4.81. The van der Waals surface area contributed by atoms with Gasteiger partial charge in [-0.15, -0.1) is 0 Å². The summed E-state index contributed by atoms with van der Waals surface area (Å²) in [6, 6.07) is 4.89. The number of nitrogens with zero attached hydrogens (tertiary/aromatic N) is 1. The summed E-state index contributed by atoms with van der Waals surface area (Å²) >= 11 is 0. The fourth-order valence-corrected chi connectivity index (χ4v) is 17.3. The van der Waals surface area contributed by atoms with Crippen LogP contribution in [0.3, 0.4) is 0 Å². The van der Waals surface area contributed by atoms with Crippen LogP contribution in [0.25, 0.3) is 0 Å². The van der Waals surface area contributed by atoms with Gasteiger partial charge in [0.2, 0.25) is 54.2 Å². The van der Waals surface area contributed by atoms with Gasteiger partial charge in [-0.2, -0.15) is 0 Å². The third kappa shape index (κ3) is 12.3. The molecule has 1 aromatic carbocycles. The van der Waals surface area contributed by atoms with E-state index in [-0.39, 0.29) is 15.1 Å². The van der Waals surface area contributed by atoms with Gasteiger partial charge in [0.05, 0.1) is 0 Å². The van der Waals surface area contributed by atoms with Gasteiger partial charge in [-0.05, 0) is 81.9 Å². The fourth-order valence-electron chi connectivity index (χ4n) is 3.54. The SMILES string of the molecule is CCCN=Cc1cc([Si](C)(C)O[Si]C(C)(C)C)c([Si](C)(C)O[Si]C(C)(C)C)cc1[Si](C)(C)O[Si]C(C)(C)C. The maximum Gasteiger partial charge on any atom is 0.221 e. The zero-order chi connectivity index (χ0) is 29.8. The van der Waals surface area contributed by atoms with Crippen LogP contribution >= 0.6 is 0 Å². The molecular weight excluding hydrogens is 567 g/mol. The van der Waals surface area contributed by atoms with Gasteiger partial charge in [-0.25, -0.2) is 0 Å². The minimum Gasteiger partial charge on any atom is -0.452 e. The summed E-state index contributed by atoms with van der Waals surface area (Å²) in [5, 5.41) is 4.51. The first kappa shape index (κ1) is 36.1. The van der Waals surface area contributed by atoms with Gasteiger partial charge >= 0.3 is 0 Å². The Kier molecular flexibility index (Phi) is 12.7. The first-order valence-corrected chi connectivity index (χ1v) is 25.4. The van der Waals surface area contributed by atoms with Gasteiger partial charge in [0.1, 0.15) is 0 Å². The van der Waals surface area contributed by atoms with E-state index < -0.39 is 25.0 Å². The van der Waals surface area contributed by atoms with Gasteiger partial charge < -0.3 is 12.3 Å². The van der Waals surface area contributed by atoms with Gasteiger partial charge in [-0.1, -0.05) is 81.4 Å². The van der Waals surface area contributed by atoms with E-state index in [1.807, 2.05) is 0 Å². The van der Waals surface area contributed by atoms with E-state index in [4.69, 9.17) is 17.3 Å². The second-order valence-corrected chi connectivity index (χ2v) is 33.2. The van der Waals surface area contributed by atoms with Crippen LogP contribution < -0.4 is 15.6 Å². The Bertz CT molecular complexity index is 942. The van der Waals surface area contributed by atoms with Gasteiger partial charge in [0.25, 0.3) is 0 Å². The molecule has 0 fully saturated rings. The van der Waals surface area contributed by atoms with Crippen molar-refractivity contribution in [2.24, 2.45) is 4.99 Å². The van der Waals surface area contributed by atoms with Crippen LogP contribution in [0.5, 0.6) is 0 Å². The van der Waals surface area contributed by atoms with E-state index in [0.717, 1.165) is 13.0 Å². The van der Waals surface area contributed by atoms with Crippen molar-refractivity contribution in [2.45, 2.75) is 130 Å². The molecule has 0 bridgehead atoms. The molecule has 0 atom stereocenters. The van der Waals surface area contributed by atoms with Crippen molar-refractivity contribution >= 4 is 76.0 Å². The molecule has 1 rings (SSSR count). The first-order chi connectivity index (χ1) is 16.9. The molecule has 0 aliphatic rings. The predicted octanol–water partition coefficient (Wildman–Crippen LogP) is 6.31. The van der Waals surface area contributed by atoms with Gasteiger partial charge in [-0.3, -0.25) is 4.99 Å². The van der Waals surface area contributed by atoms with E-state index in [2.05, 4.69) is 127 Å². The predicted molar refractivity (Wildman–Crippen MR) is 180 cm³/mol. The highest BCUT2D eigenvalue weighted by Crippen LogP contribution is 2.25. The van der Waals surface area contributed by atoms with Crippen molar-refractivity contribution in [3.05, 3.63) is 17.7 Å². The fraction of sp³-hybridized carbons (Fsp3) is 0.750. The second-order valence-electron chi connectivity index (χ2n) is 14.9. The molecular formula is C28H55NO3Si6. The summed E-state index contributed by atoms with van der Waals surface area (Å²) in [7, 11) is -5.35. The van der Waals surface area contributed by atoms with Gasteiger partial charge in [0, 0.05) is 12.8 Å². The summed E-state index contributed by atoms with van der Waals surface area (Å²) in [5.74, 6) is 0. The number of rotatable bonds is 12. The lowest BCUT2D eigenvalue weighted by atomic mass is 10.2. The molecule has 0 unspecified atom stereocenters. The quantitative estimate of drug-likeness (QED) is 0.203. The molecule has 10 heteroatoms.